The molecule has 1 fully saturated rings. The molecule has 0 radical (unpaired) electrons. The smallest absolute Gasteiger partial charge is 0.322 e. The van der Waals surface area contributed by atoms with Crippen molar-refractivity contribution in [2.24, 2.45) is 0 Å². The Morgan fingerprint density at radius 1 is 1.04 bits per heavy atom. The number of carbonyl (C=O) groups is 2. The van der Waals surface area contributed by atoms with E-state index in [9.17, 15) is 14.0 Å². The number of nitrogens with zero attached hydrogens (tertiary/aromatic N) is 1. The Morgan fingerprint density at radius 3 is 2.36 bits per heavy atom. The van der Waals surface area contributed by atoms with E-state index in [-0.39, 0.29) is 11.6 Å². The van der Waals surface area contributed by atoms with E-state index in [1.165, 1.54) is 37.3 Å². The van der Waals surface area contributed by atoms with Gasteiger partial charge in [-0.3, -0.25) is 4.79 Å². The molecule has 0 saturated carbocycles. The van der Waals surface area contributed by atoms with Gasteiger partial charge in [0.1, 0.15) is 29.0 Å². The SMILES string of the molecule is COc1cccc(OC)c1NC(=O)[C@@H]1CCCN1C(=O)Nc1ccccc1F. The number of hydrogen-bond acceptors (Lipinski definition) is 4. The van der Waals surface area contributed by atoms with E-state index in [1.54, 1.807) is 24.3 Å². The van der Waals surface area contributed by atoms with Gasteiger partial charge in [-0.1, -0.05) is 18.2 Å². The average Bonchev–Trinajstić information content (AvgIpc) is 3.20. The van der Waals surface area contributed by atoms with Gasteiger partial charge in [0.15, 0.2) is 0 Å². The topological polar surface area (TPSA) is 79.9 Å². The van der Waals surface area contributed by atoms with Crippen LogP contribution in [0.15, 0.2) is 42.5 Å². The second-order valence-electron chi connectivity index (χ2n) is 6.29. The molecule has 1 aliphatic heterocycles. The first-order valence-corrected chi connectivity index (χ1v) is 8.89. The number of halogens is 1. The number of hydrogen-bond donors (Lipinski definition) is 2. The molecule has 3 amide bonds. The predicted octanol–water partition coefficient (Wildman–Crippen LogP) is 3.48. The number of amides is 3. The summed E-state index contributed by atoms with van der Waals surface area (Å²) in [5, 5.41) is 5.33. The maximum Gasteiger partial charge on any atom is 0.322 e. The van der Waals surface area contributed by atoms with Crippen LogP contribution in [-0.2, 0) is 4.79 Å². The van der Waals surface area contributed by atoms with E-state index >= 15 is 0 Å². The lowest BCUT2D eigenvalue weighted by molar-refractivity contribution is -0.119. The molecule has 1 saturated heterocycles. The Bertz CT molecular complexity index is 852. The number of urea groups is 1. The van der Waals surface area contributed by atoms with Gasteiger partial charge in [0.05, 0.1) is 19.9 Å². The summed E-state index contributed by atoms with van der Waals surface area (Å²) in [7, 11) is 2.99. The van der Waals surface area contributed by atoms with Gasteiger partial charge in [0.25, 0.3) is 0 Å². The van der Waals surface area contributed by atoms with E-state index in [4.69, 9.17) is 9.47 Å². The standard InChI is InChI=1S/C20H22FN3O4/c1-27-16-10-5-11-17(28-2)18(16)23-19(25)15-9-6-12-24(15)20(26)22-14-8-4-3-7-13(14)21/h3-5,7-8,10-11,15H,6,9,12H2,1-2H3,(H,22,26)(H,23,25)/t15-/m0/s1. The van der Waals surface area contributed by atoms with E-state index in [0.717, 1.165) is 0 Å². The number of anilines is 2. The van der Waals surface area contributed by atoms with Crippen LogP contribution in [-0.4, -0.2) is 43.6 Å². The van der Waals surface area contributed by atoms with Gasteiger partial charge >= 0.3 is 6.03 Å². The van der Waals surface area contributed by atoms with Crippen LogP contribution in [0.3, 0.4) is 0 Å². The van der Waals surface area contributed by atoms with Crippen molar-refractivity contribution in [3.05, 3.63) is 48.3 Å². The zero-order valence-electron chi connectivity index (χ0n) is 15.7. The molecule has 1 atom stereocenters. The number of rotatable bonds is 5. The summed E-state index contributed by atoms with van der Waals surface area (Å²) in [4.78, 5) is 26.9. The number of benzene rings is 2. The number of nitrogens with one attached hydrogen (secondary N) is 2. The minimum Gasteiger partial charge on any atom is -0.494 e. The number of carbonyl (C=O) groups excluding carboxylic acids is 2. The minimum absolute atomic E-state index is 0.0740. The number of ether oxygens (including phenoxy) is 2. The van der Waals surface area contributed by atoms with Crippen LogP contribution in [0.1, 0.15) is 12.8 Å². The van der Waals surface area contributed by atoms with Crippen molar-refractivity contribution in [1.82, 2.24) is 4.90 Å². The van der Waals surface area contributed by atoms with Crippen molar-refractivity contribution in [3.8, 4) is 11.5 Å². The van der Waals surface area contributed by atoms with Gasteiger partial charge in [-0.05, 0) is 37.1 Å². The predicted molar refractivity (Wildman–Crippen MR) is 103 cm³/mol. The Labute approximate surface area is 162 Å². The largest absolute Gasteiger partial charge is 0.494 e. The highest BCUT2D eigenvalue weighted by Crippen LogP contribution is 2.35. The summed E-state index contributed by atoms with van der Waals surface area (Å²) in [6.45, 7) is 0.404. The highest BCUT2D eigenvalue weighted by atomic mass is 19.1. The van der Waals surface area contributed by atoms with E-state index in [1.807, 2.05) is 0 Å². The van der Waals surface area contributed by atoms with Crippen molar-refractivity contribution < 1.29 is 23.5 Å². The molecule has 2 aromatic carbocycles. The second kappa shape index (κ2) is 8.60. The summed E-state index contributed by atoms with van der Waals surface area (Å²) >= 11 is 0. The molecule has 8 heteroatoms. The maximum absolute atomic E-state index is 13.8. The molecular formula is C20H22FN3O4. The quantitative estimate of drug-likeness (QED) is 0.823. The minimum atomic E-state index is -0.679. The Hall–Kier alpha value is -3.29. The van der Waals surface area contributed by atoms with Gasteiger partial charge < -0.3 is 25.0 Å². The van der Waals surface area contributed by atoms with Crippen LogP contribution >= 0.6 is 0 Å². The third kappa shape index (κ3) is 4.00. The molecule has 148 valence electrons. The lowest BCUT2D eigenvalue weighted by Crippen LogP contribution is -2.45. The molecule has 0 aliphatic carbocycles. The molecule has 0 unspecified atom stereocenters. The molecule has 2 N–H and O–H groups in total. The summed E-state index contributed by atoms with van der Waals surface area (Å²) in [6.07, 6.45) is 1.18. The van der Waals surface area contributed by atoms with Crippen LogP contribution in [0.2, 0.25) is 0 Å². The normalized spacial score (nSPS) is 15.8. The zero-order valence-corrected chi connectivity index (χ0v) is 15.7. The summed E-state index contributed by atoms with van der Waals surface area (Å²) < 4.78 is 24.4. The Morgan fingerprint density at radius 2 is 1.71 bits per heavy atom. The number of para-hydroxylation sites is 2. The number of likely N-dealkylation sites (tertiary alicyclic amines) is 1. The van der Waals surface area contributed by atoms with Crippen LogP contribution < -0.4 is 20.1 Å². The third-order valence-electron chi connectivity index (χ3n) is 4.61. The van der Waals surface area contributed by atoms with Gasteiger partial charge in [0.2, 0.25) is 5.91 Å². The lowest BCUT2D eigenvalue weighted by Gasteiger charge is -2.25. The van der Waals surface area contributed by atoms with Gasteiger partial charge in [-0.15, -0.1) is 0 Å². The molecule has 0 spiro atoms. The highest BCUT2D eigenvalue weighted by molar-refractivity contribution is 6.01. The van der Waals surface area contributed by atoms with Crippen LogP contribution in [0, 0.1) is 5.82 Å². The molecule has 1 aliphatic rings. The van der Waals surface area contributed by atoms with Crippen LogP contribution in [0.25, 0.3) is 0 Å². The van der Waals surface area contributed by atoms with Crippen molar-refractivity contribution >= 4 is 23.3 Å². The fourth-order valence-electron chi connectivity index (χ4n) is 3.21. The summed E-state index contributed by atoms with van der Waals surface area (Å²) in [5.41, 5.74) is 0.476. The van der Waals surface area contributed by atoms with Crippen molar-refractivity contribution in [2.75, 3.05) is 31.4 Å². The zero-order chi connectivity index (χ0) is 20.1. The first kappa shape index (κ1) is 19.5. The van der Waals surface area contributed by atoms with Crippen molar-refractivity contribution in [1.29, 1.82) is 0 Å². The molecule has 2 aromatic rings. The Balaban J connectivity index is 1.75. The maximum atomic E-state index is 13.8. The van der Waals surface area contributed by atoms with E-state index < -0.39 is 17.9 Å². The molecule has 0 aromatic heterocycles. The first-order chi connectivity index (χ1) is 13.5. The fourth-order valence-corrected chi connectivity index (χ4v) is 3.21. The average molecular weight is 387 g/mol. The van der Waals surface area contributed by atoms with Gasteiger partial charge in [-0.2, -0.15) is 0 Å². The van der Waals surface area contributed by atoms with E-state index in [0.29, 0.717) is 36.6 Å². The highest BCUT2D eigenvalue weighted by Gasteiger charge is 2.35. The number of methoxy groups -OCH3 is 2. The third-order valence-corrected chi connectivity index (χ3v) is 4.61. The molecule has 28 heavy (non-hydrogen) atoms. The van der Waals surface area contributed by atoms with Gasteiger partial charge in [0, 0.05) is 6.54 Å². The summed E-state index contributed by atoms with van der Waals surface area (Å²) in [5.74, 6) is 0.0138. The molecule has 1 heterocycles. The van der Waals surface area contributed by atoms with Crippen LogP contribution in [0.5, 0.6) is 11.5 Å². The molecular weight excluding hydrogens is 365 g/mol. The monoisotopic (exact) mass is 387 g/mol. The Kier molecular flexibility index (Phi) is 5.98. The fraction of sp³-hybridized carbons (Fsp3) is 0.300. The summed E-state index contributed by atoms with van der Waals surface area (Å²) in [6, 6.07) is 9.85. The molecule has 3 rings (SSSR count). The first-order valence-electron chi connectivity index (χ1n) is 8.89. The van der Waals surface area contributed by atoms with E-state index in [2.05, 4.69) is 10.6 Å². The lowest BCUT2D eigenvalue weighted by atomic mass is 10.2. The molecule has 7 nitrogen and oxygen atoms in total. The van der Waals surface area contributed by atoms with Crippen molar-refractivity contribution in [2.45, 2.75) is 18.9 Å². The van der Waals surface area contributed by atoms with Gasteiger partial charge in [-0.25, -0.2) is 9.18 Å². The van der Waals surface area contributed by atoms with Crippen LogP contribution in [0.4, 0.5) is 20.6 Å². The van der Waals surface area contributed by atoms with Crippen molar-refractivity contribution in [3.63, 3.8) is 0 Å². The second-order valence-corrected chi connectivity index (χ2v) is 6.29. The molecule has 0 bridgehead atoms.